The Morgan fingerprint density at radius 1 is 1.18 bits per heavy atom. The molecule has 2 atom stereocenters. The Hall–Kier alpha value is -0.620. The molecule has 0 aromatic rings. The van der Waals surface area contributed by atoms with E-state index in [4.69, 9.17) is 0 Å². The Morgan fingerprint density at radius 3 is 2.45 bits per heavy atom. The number of rotatable bonds is 7. The maximum absolute atomic E-state index is 12.0. The first-order chi connectivity index (χ1) is 10.4. The minimum absolute atomic E-state index is 0.0502. The lowest BCUT2D eigenvalue weighted by atomic mass is 9.85. The van der Waals surface area contributed by atoms with Gasteiger partial charge in [-0.3, -0.25) is 4.79 Å². The van der Waals surface area contributed by atoms with E-state index in [0.717, 1.165) is 24.9 Å². The molecule has 0 bridgehead atoms. The Balaban J connectivity index is 1.50. The van der Waals surface area contributed by atoms with Gasteiger partial charge >= 0.3 is 0 Å². The summed E-state index contributed by atoms with van der Waals surface area (Å²) < 4.78 is 22.4. The molecule has 0 unspecified atom stereocenters. The van der Waals surface area contributed by atoms with Crippen molar-refractivity contribution >= 4 is 15.7 Å². The van der Waals surface area contributed by atoms with Crippen molar-refractivity contribution in [3.63, 3.8) is 0 Å². The molecule has 3 rings (SSSR count). The van der Waals surface area contributed by atoms with Crippen LogP contribution >= 0.6 is 0 Å². The molecule has 0 radical (unpaired) electrons. The van der Waals surface area contributed by atoms with Crippen LogP contribution in [0.1, 0.15) is 38.5 Å². The molecule has 0 aromatic carbocycles. The van der Waals surface area contributed by atoms with Gasteiger partial charge in [-0.15, -0.1) is 0 Å². The largest absolute Gasteiger partial charge is 0.352 e. The van der Waals surface area contributed by atoms with Crippen LogP contribution in [-0.4, -0.2) is 56.9 Å². The van der Waals surface area contributed by atoms with Crippen molar-refractivity contribution < 1.29 is 13.2 Å². The van der Waals surface area contributed by atoms with Crippen LogP contribution in [0.3, 0.4) is 0 Å². The molecular weight excluding hydrogens is 300 g/mol. The van der Waals surface area contributed by atoms with Gasteiger partial charge in [0.05, 0.1) is 5.75 Å². The minimum Gasteiger partial charge on any atom is -0.352 e. The van der Waals surface area contributed by atoms with Crippen molar-refractivity contribution in [3.05, 3.63) is 0 Å². The van der Waals surface area contributed by atoms with E-state index in [1.807, 2.05) is 0 Å². The van der Waals surface area contributed by atoms with Crippen LogP contribution < -0.4 is 5.32 Å². The third-order valence-corrected chi connectivity index (χ3v) is 6.40. The molecule has 1 N–H and O–H groups in total. The maximum atomic E-state index is 12.0. The van der Waals surface area contributed by atoms with E-state index in [0.29, 0.717) is 5.92 Å². The second-order valence-electron chi connectivity index (χ2n) is 7.57. The van der Waals surface area contributed by atoms with Crippen LogP contribution in [0.5, 0.6) is 0 Å². The number of sulfone groups is 1. The van der Waals surface area contributed by atoms with Gasteiger partial charge in [0.1, 0.15) is 9.84 Å². The molecule has 2 saturated carbocycles. The number of amides is 1. The molecule has 3 aliphatic rings. The highest BCUT2D eigenvalue weighted by atomic mass is 32.2. The van der Waals surface area contributed by atoms with Gasteiger partial charge < -0.3 is 10.2 Å². The highest BCUT2D eigenvalue weighted by molar-refractivity contribution is 7.90. The Labute approximate surface area is 133 Å². The molecule has 1 saturated heterocycles. The lowest BCUT2D eigenvalue weighted by Gasteiger charge is -2.30. The van der Waals surface area contributed by atoms with E-state index in [1.54, 1.807) is 0 Å². The van der Waals surface area contributed by atoms with Gasteiger partial charge in [-0.25, -0.2) is 8.42 Å². The van der Waals surface area contributed by atoms with Crippen LogP contribution in [-0.2, 0) is 14.6 Å². The van der Waals surface area contributed by atoms with E-state index in [-0.39, 0.29) is 24.1 Å². The number of nitrogens with zero attached hydrogens (tertiary/aromatic N) is 1. The Bertz CT molecular complexity index is 511. The monoisotopic (exact) mass is 328 g/mol. The van der Waals surface area contributed by atoms with E-state index in [2.05, 4.69) is 10.2 Å². The topological polar surface area (TPSA) is 66.5 Å². The zero-order valence-electron chi connectivity index (χ0n) is 13.5. The zero-order chi connectivity index (χ0) is 15.7. The zero-order valence-corrected chi connectivity index (χ0v) is 14.3. The Morgan fingerprint density at radius 2 is 1.91 bits per heavy atom. The van der Waals surface area contributed by atoms with E-state index < -0.39 is 9.84 Å². The second-order valence-corrected chi connectivity index (χ2v) is 9.83. The minimum atomic E-state index is -3.06. The van der Waals surface area contributed by atoms with Crippen LogP contribution in [0.4, 0.5) is 0 Å². The Kier molecular flexibility index (Phi) is 4.78. The van der Waals surface area contributed by atoms with Gasteiger partial charge in [0, 0.05) is 38.4 Å². The molecule has 1 aliphatic heterocycles. The summed E-state index contributed by atoms with van der Waals surface area (Å²) in [6, 6.07) is 0.222. The number of hydrogen-bond donors (Lipinski definition) is 1. The number of nitrogens with one attached hydrogen (secondary N) is 1. The van der Waals surface area contributed by atoms with Gasteiger partial charge in [0.2, 0.25) is 5.91 Å². The molecular formula is C16H28N2O3S. The summed E-state index contributed by atoms with van der Waals surface area (Å²) in [7, 11) is -3.06. The fourth-order valence-corrected chi connectivity index (χ4v) is 4.37. The molecule has 126 valence electrons. The number of carbonyl (C=O) groups excluding carboxylic acids is 1. The summed E-state index contributed by atoms with van der Waals surface area (Å²) in [6.45, 7) is 3.24. The SMILES string of the molecule is CS(=O)(=O)CCC(=O)N[C@@H]1CN(CC2CCC2)C[C@H]1C1CC1. The third-order valence-electron chi connectivity index (χ3n) is 5.46. The van der Waals surface area contributed by atoms with E-state index in [1.165, 1.54) is 44.9 Å². The fourth-order valence-electron chi connectivity index (χ4n) is 3.81. The summed E-state index contributed by atoms with van der Waals surface area (Å²) >= 11 is 0. The average molecular weight is 328 g/mol. The molecule has 5 nitrogen and oxygen atoms in total. The van der Waals surface area contributed by atoms with Gasteiger partial charge in [-0.1, -0.05) is 6.42 Å². The van der Waals surface area contributed by atoms with Crippen molar-refractivity contribution in [3.8, 4) is 0 Å². The third kappa shape index (κ3) is 4.44. The van der Waals surface area contributed by atoms with E-state index >= 15 is 0 Å². The lowest BCUT2D eigenvalue weighted by molar-refractivity contribution is -0.121. The highest BCUT2D eigenvalue weighted by Gasteiger charge is 2.43. The smallest absolute Gasteiger partial charge is 0.221 e. The normalized spacial score (nSPS) is 30.2. The van der Waals surface area contributed by atoms with Gasteiger partial charge in [-0.2, -0.15) is 0 Å². The maximum Gasteiger partial charge on any atom is 0.221 e. The molecule has 0 aromatic heterocycles. The predicted molar refractivity (Wildman–Crippen MR) is 86.3 cm³/mol. The number of carbonyl (C=O) groups is 1. The average Bonchev–Trinajstić information content (AvgIpc) is 3.14. The summed E-state index contributed by atoms with van der Waals surface area (Å²) in [5.74, 6) is 2.05. The van der Waals surface area contributed by atoms with Crippen molar-refractivity contribution in [2.24, 2.45) is 17.8 Å². The first-order valence-electron chi connectivity index (χ1n) is 8.60. The lowest BCUT2D eigenvalue weighted by Crippen LogP contribution is -2.42. The van der Waals surface area contributed by atoms with Crippen LogP contribution in [0.2, 0.25) is 0 Å². The van der Waals surface area contributed by atoms with E-state index in [9.17, 15) is 13.2 Å². The number of likely N-dealkylation sites (tertiary alicyclic amines) is 1. The molecule has 3 fully saturated rings. The summed E-state index contributed by atoms with van der Waals surface area (Å²) in [5, 5.41) is 3.12. The van der Waals surface area contributed by atoms with Crippen molar-refractivity contribution in [1.82, 2.24) is 10.2 Å². The first-order valence-corrected chi connectivity index (χ1v) is 10.7. The van der Waals surface area contributed by atoms with Gasteiger partial charge in [0.15, 0.2) is 0 Å². The summed E-state index contributed by atoms with van der Waals surface area (Å²) in [5.41, 5.74) is 0. The van der Waals surface area contributed by atoms with Crippen molar-refractivity contribution in [1.29, 1.82) is 0 Å². The molecule has 1 heterocycles. The predicted octanol–water partition coefficient (Wildman–Crippen LogP) is 1.05. The second kappa shape index (κ2) is 6.48. The summed E-state index contributed by atoms with van der Waals surface area (Å²) in [6.07, 6.45) is 7.94. The highest BCUT2D eigenvalue weighted by Crippen LogP contribution is 2.42. The van der Waals surface area contributed by atoms with Crippen LogP contribution in [0, 0.1) is 17.8 Å². The van der Waals surface area contributed by atoms with Crippen LogP contribution in [0.25, 0.3) is 0 Å². The summed E-state index contributed by atoms with van der Waals surface area (Å²) in [4.78, 5) is 14.6. The molecule has 2 aliphatic carbocycles. The fraction of sp³-hybridized carbons (Fsp3) is 0.938. The van der Waals surface area contributed by atoms with Crippen LogP contribution in [0.15, 0.2) is 0 Å². The first kappa shape index (κ1) is 16.2. The molecule has 0 spiro atoms. The standard InChI is InChI=1S/C16H28N2O3S/c1-22(20,21)8-7-16(19)17-15-11-18(9-12-3-2-4-12)10-14(15)13-5-6-13/h12-15H,2-11H2,1H3,(H,17,19)/t14-,15+/m0/s1. The van der Waals surface area contributed by atoms with Crippen molar-refractivity contribution in [2.45, 2.75) is 44.6 Å². The molecule has 6 heteroatoms. The number of hydrogen-bond acceptors (Lipinski definition) is 4. The molecule has 22 heavy (non-hydrogen) atoms. The van der Waals surface area contributed by atoms with Gasteiger partial charge in [-0.05, 0) is 43.4 Å². The quantitative estimate of drug-likeness (QED) is 0.758. The molecule has 1 amide bonds. The van der Waals surface area contributed by atoms with Crippen molar-refractivity contribution in [2.75, 3.05) is 31.6 Å². The van der Waals surface area contributed by atoms with Gasteiger partial charge in [0.25, 0.3) is 0 Å².